The van der Waals surface area contributed by atoms with Gasteiger partial charge in [0.25, 0.3) is 0 Å². The standard InChI is InChI=1S/C14H17Cl2NO2/c15-12-6-3-10(8-13(12)16)9-17(11-4-5-11)14(19)2-1-7-18/h3,6,8,11,18H,1-2,4-5,7,9H2. The summed E-state index contributed by atoms with van der Waals surface area (Å²) in [6, 6.07) is 5.80. The van der Waals surface area contributed by atoms with Crippen LogP contribution in [0, 0.1) is 0 Å². The van der Waals surface area contributed by atoms with Gasteiger partial charge in [-0.3, -0.25) is 4.79 Å². The molecule has 0 unspecified atom stereocenters. The largest absolute Gasteiger partial charge is 0.396 e. The first-order chi connectivity index (χ1) is 9.11. The summed E-state index contributed by atoms with van der Waals surface area (Å²) in [5.41, 5.74) is 0.985. The van der Waals surface area contributed by atoms with Crippen LogP contribution in [0.3, 0.4) is 0 Å². The van der Waals surface area contributed by atoms with Crippen molar-refractivity contribution in [3.63, 3.8) is 0 Å². The molecule has 104 valence electrons. The number of hydrogen-bond donors (Lipinski definition) is 1. The summed E-state index contributed by atoms with van der Waals surface area (Å²) in [4.78, 5) is 14.0. The Morgan fingerprint density at radius 1 is 1.32 bits per heavy atom. The zero-order chi connectivity index (χ0) is 13.8. The Morgan fingerprint density at radius 3 is 2.63 bits per heavy atom. The smallest absolute Gasteiger partial charge is 0.223 e. The second-order valence-corrected chi connectivity index (χ2v) is 5.64. The molecule has 2 rings (SSSR count). The molecule has 3 nitrogen and oxygen atoms in total. The molecule has 0 atom stereocenters. The van der Waals surface area contributed by atoms with Crippen molar-refractivity contribution in [2.45, 2.75) is 38.3 Å². The van der Waals surface area contributed by atoms with Crippen LogP contribution in [0.2, 0.25) is 10.0 Å². The molecule has 19 heavy (non-hydrogen) atoms. The molecule has 0 radical (unpaired) electrons. The minimum atomic E-state index is 0.0526. The molecule has 0 saturated heterocycles. The molecule has 1 aromatic rings. The minimum absolute atomic E-state index is 0.0526. The monoisotopic (exact) mass is 301 g/mol. The first-order valence-electron chi connectivity index (χ1n) is 6.46. The Bertz CT molecular complexity index is 461. The van der Waals surface area contributed by atoms with Gasteiger partial charge in [-0.15, -0.1) is 0 Å². The molecule has 1 saturated carbocycles. The highest BCUT2D eigenvalue weighted by atomic mass is 35.5. The number of hydrogen-bond acceptors (Lipinski definition) is 2. The highest BCUT2D eigenvalue weighted by Crippen LogP contribution is 2.30. The summed E-state index contributed by atoms with van der Waals surface area (Å²) in [6.07, 6.45) is 3.04. The molecule has 0 aromatic heterocycles. The van der Waals surface area contributed by atoms with Crippen LogP contribution >= 0.6 is 23.2 Å². The molecule has 1 aliphatic carbocycles. The molecule has 5 heteroatoms. The number of amides is 1. The van der Waals surface area contributed by atoms with Crippen LogP contribution in [0.15, 0.2) is 18.2 Å². The van der Waals surface area contributed by atoms with E-state index in [-0.39, 0.29) is 12.5 Å². The summed E-state index contributed by atoms with van der Waals surface area (Å²) in [5, 5.41) is 9.84. The number of carbonyl (C=O) groups excluding carboxylic acids is 1. The lowest BCUT2D eigenvalue weighted by atomic mass is 10.2. The Labute approximate surface area is 123 Å². The summed E-state index contributed by atoms with van der Waals surface area (Å²) in [6.45, 7) is 0.614. The van der Waals surface area contributed by atoms with Crippen molar-refractivity contribution in [1.29, 1.82) is 0 Å². The molecule has 0 aliphatic heterocycles. The third-order valence-corrected chi connectivity index (χ3v) is 3.93. The van der Waals surface area contributed by atoms with E-state index in [1.807, 2.05) is 11.0 Å². The second kappa shape index (κ2) is 6.60. The number of benzene rings is 1. The van der Waals surface area contributed by atoms with E-state index < -0.39 is 0 Å². The van der Waals surface area contributed by atoms with Crippen LogP contribution in [0.4, 0.5) is 0 Å². The Morgan fingerprint density at radius 2 is 2.05 bits per heavy atom. The van der Waals surface area contributed by atoms with Gasteiger partial charge in [0, 0.05) is 25.6 Å². The van der Waals surface area contributed by atoms with E-state index in [0.29, 0.717) is 35.5 Å². The lowest BCUT2D eigenvalue weighted by Crippen LogP contribution is -2.32. The van der Waals surface area contributed by atoms with Crippen molar-refractivity contribution in [2.75, 3.05) is 6.61 Å². The van der Waals surface area contributed by atoms with Crippen molar-refractivity contribution in [1.82, 2.24) is 4.90 Å². The SMILES string of the molecule is O=C(CCCO)N(Cc1ccc(Cl)c(Cl)c1)C1CC1. The van der Waals surface area contributed by atoms with Crippen LogP contribution < -0.4 is 0 Å². The van der Waals surface area contributed by atoms with E-state index in [1.54, 1.807) is 12.1 Å². The number of carbonyl (C=O) groups is 1. The normalized spacial score (nSPS) is 14.5. The molecule has 1 amide bonds. The summed E-state index contributed by atoms with van der Waals surface area (Å²) < 4.78 is 0. The molecule has 0 spiro atoms. The molecular formula is C14H17Cl2NO2. The van der Waals surface area contributed by atoms with Gasteiger partial charge in [-0.1, -0.05) is 29.3 Å². The van der Waals surface area contributed by atoms with E-state index in [2.05, 4.69) is 0 Å². The third-order valence-electron chi connectivity index (χ3n) is 3.19. The van der Waals surface area contributed by atoms with Crippen LogP contribution in [0.5, 0.6) is 0 Å². The zero-order valence-corrected chi connectivity index (χ0v) is 12.1. The van der Waals surface area contributed by atoms with E-state index >= 15 is 0 Å². The average Bonchev–Trinajstić information content (AvgIpc) is 3.21. The van der Waals surface area contributed by atoms with Crippen LogP contribution in [0.1, 0.15) is 31.2 Å². The van der Waals surface area contributed by atoms with Gasteiger partial charge in [0.05, 0.1) is 10.0 Å². The molecule has 1 fully saturated rings. The summed E-state index contributed by atoms with van der Waals surface area (Å²) in [5.74, 6) is 0.0997. The zero-order valence-electron chi connectivity index (χ0n) is 10.6. The van der Waals surface area contributed by atoms with Crippen LogP contribution in [0.25, 0.3) is 0 Å². The van der Waals surface area contributed by atoms with Gasteiger partial charge < -0.3 is 10.0 Å². The van der Waals surface area contributed by atoms with Crippen molar-refractivity contribution in [2.24, 2.45) is 0 Å². The Balaban J connectivity index is 2.03. The Kier molecular flexibility index (Phi) is 5.08. The predicted octanol–water partition coefficient (Wildman–Crippen LogP) is 3.26. The molecule has 1 N–H and O–H groups in total. The van der Waals surface area contributed by atoms with Crippen molar-refractivity contribution in [3.05, 3.63) is 33.8 Å². The van der Waals surface area contributed by atoms with Crippen molar-refractivity contribution < 1.29 is 9.90 Å². The quantitative estimate of drug-likeness (QED) is 0.876. The first-order valence-corrected chi connectivity index (χ1v) is 7.21. The van der Waals surface area contributed by atoms with Gasteiger partial charge in [0.2, 0.25) is 5.91 Å². The summed E-state index contributed by atoms with van der Waals surface area (Å²) >= 11 is 11.9. The van der Waals surface area contributed by atoms with Crippen LogP contribution in [-0.2, 0) is 11.3 Å². The number of aliphatic hydroxyl groups excluding tert-OH is 1. The van der Waals surface area contributed by atoms with Crippen LogP contribution in [-0.4, -0.2) is 28.6 Å². The van der Waals surface area contributed by atoms with Gasteiger partial charge in [-0.2, -0.15) is 0 Å². The third kappa shape index (κ3) is 4.10. The van der Waals surface area contributed by atoms with E-state index in [1.165, 1.54) is 0 Å². The van der Waals surface area contributed by atoms with Crippen molar-refractivity contribution in [3.8, 4) is 0 Å². The number of aliphatic hydroxyl groups is 1. The maximum absolute atomic E-state index is 12.1. The molecule has 1 aliphatic rings. The molecule has 0 bridgehead atoms. The molecular weight excluding hydrogens is 285 g/mol. The number of rotatable bonds is 6. The van der Waals surface area contributed by atoms with E-state index in [0.717, 1.165) is 18.4 Å². The maximum Gasteiger partial charge on any atom is 0.223 e. The second-order valence-electron chi connectivity index (χ2n) is 4.83. The first kappa shape index (κ1) is 14.6. The topological polar surface area (TPSA) is 40.5 Å². The summed E-state index contributed by atoms with van der Waals surface area (Å²) in [7, 11) is 0. The lowest BCUT2D eigenvalue weighted by molar-refractivity contribution is -0.132. The lowest BCUT2D eigenvalue weighted by Gasteiger charge is -2.22. The fourth-order valence-electron chi connectivity index (χ4n) is 2.02. The maximum atomic E-state index is 12.1. The Hall–Kier alpha value is -0.770. The fraction of sp³-hybridized carbons (Fsp3) is 0.500. The van der Waals surface area contributed by atoms with E-state index in [9.17, 15) is 4.79 Å². The van der Waals surface area contributed by atoms with Gasteiger partial charge >= 0.3 is 0 Å². The number of nitrogens with zero attached hydrogens (tertiary/aromatic N) is 1. The number of halogens is 2. The predicted molar refractivity (Wildman–Crippen MR) is 76.4 cm³/mol. The highest BCUT2D eigenvalue weighted by molar-refractivity contribution is 6.42. The minimum Gasteiger partial charge on any atom is -0.396 e. The highest BCUT2D eigenvalue weighted by Gasteiger charge is 2.32. The molecule has 1 aromatic carbocycles. The van der Waals surface area contributed by atoms with Gasteiger partial charge in [-0.25, -0.2) is 0 Å². The van der Waals surface area contributed by atoms with E-state index in [4.69, 9.17) is 28.3 Å². The molecule has 0 heterocycles. The average molecular weight is 302 g/mol. The van der Waals surface area contributed by atoms with Gasteiger partial charge in [0.15, 0.2) is 0 Å². The van der Waals surface area contributed by atoms with Crippen molar-refractivity contribution >= 4 is 29.1 Å². The van der Waals surface area contributed by atoms with Gasteiger partial charge in [0.1, 0.15) is 0 Å². The fourth-order valence-corrected chi connectivity index (χ4v) is 2.34. The van der Waals surface area contributed by atoms with Gasteiger partial charge in [-0.05, 0) is 37.0 Å².